The number of carbonyl (C=O) groups excluding carboxylic acids is 3. The third-order valence-electron chi connectivity index (χ3n) is 6.18. The highest BCUT2D eigenvalue weighted by Crippen LogP contribution is 2.33. The van der Waals surface area contributed by atoms with E-state index in [1.807, 2.05) is 13.8 Å². The first-order chi connectivity index (χ1) is 15.2. The van der Waals surface area contributed by atoms with Gasteiger partial charge in [0, 0.05) is 56.6 Å². The van der Waals surface area contributed by atoms with E-state index < -0.39 is 0 Å². The molecule has 1 aliphatic carbocycles. The highest BCUT2D eigenvalue weighted by atomic mass is 19.1. The summed E-state index contributed by atoms with van der Waals surface area (Å²) >= 11 is 0. The topological polar surface area (TPSA) is 85.5 Å². The number of aromatic nitrogens is 1. The van der Waals surface area contributed by atoms with Gasteiger partial charge < -0.3 is 20.1 Å². The number of ketones is 1. The fourth-order valence-corrected chi connectivity index (χ4v) is 4.53. The number of allylic oxidation sites excluding steroid dienone is 1. The summed E-state index contributed by atoms with van der Waals surface area (Å²) in [5, 5.41) is 3.03. The summed E-state index contributed by atoms with van der Waals surface area (Å²) in [6, 6.07) is 4.20. The van der Waals surface area contributed by atoms with Crippen molar-refractivity contribution in [2.45, 2.75) is 32.7 Å². The molecule has 2 aromatic rings. The van der Waals surface area contributed by atoms with E-state index in [9.17, 15) is 18.8 Å². The van der Waals surface area contributed by atoms with E-state index >= 15 is 0 Å². The van der Waals surface area contributed by atoms with Gasteiger partial charge in [-0.05, 0) is 55.2 Å². The van der Waals surface area contributed by atoms with Crippen LogP contribution in [-0.4, -0.2) is 65.7 Å². The second kappa shape index (κ2) is 8.26. The minimum Gasteiger partial charge on any atom is -0.358 e. The predicted molar refractivity (Wildman–Crippen MR) is 120 cm³/mol. The third kappa shape index (κ3) is 3.92. The standard InChI is InChI=1S/C24H27FN4O3/c1-13-20(11-19-18-10-16(25)6-5-15(18)9-21(19)30)26-14(2)22(13)23(31)27-17-7-8-29(12-17)24(32)28(3)4/h5-6,10-11,17,26H,7-9,12H2,1-4H3,(H,27,31)/b19-11-/t17-/m0/s1. The van der Waals surface area contributed by atoms with Gasteiger partial charge in [-0.1, -0.05) is 6.07 Å². The molecule has 1 aliphatic heterocycles. The summed E-state index contributed by atoms with van der Waals surface area (Å²) < 4.78 is 13.7. The van der Waals surface area contributed by atoms with E-state index in [2.05, 4.69) is 10.3 Å². The molecular formula is C24H27FN4O3. The maximum atomic E-state index is 13.7. The maximum absolute atomic E-state index is 13.7. The molecule has 2 N–H and O–H groups in total. The number of fused-ring (bicyclic) bond motifs is 1. The molecule has 0 unspecified atom stereocenters. The van der Waals surface area contributed by atoms with Crippen LogP contribution in [0.2, 0.25) is 0 Å². The van der Waals surface area contributed by atoms with E-state index in [1.54, 1.807) is 31.1 Å². The van der Waals surface area contributed by atoms with Gasteiger partial charge in [-0.15, -0.1) is 0 Å². The van der Waals surface area contributed by atoms with Crippen LogP contribution in [0.1, 0.15) is 44.9 Å². The summed E-state index contributed by atoms with van der Waals surface area (Å²) in [7, 11) is 3.41. The molecule has 0 bridgehead atoms. The van der Waals surface area contributed by atoms with Crippen LogP contribution in [-0.2, 0) is 11.2 Å². The van der Waals surface area contributed by atoms with Crippen LogP contribution in [0.4, 0.5) is 9.18 Å². The molecule has 4 rings (SSSR count). The lowest BCUT2D eigenvalue weighted by atomic mass is 10.0. The van der Waals surface area contributed by atoms with Gasteiger partial charge in [0.15, 0.2) is 5.78 Å². The number of halogens is 1. The Balaban J connectivity index is 1.55. The average Bonchev–Trinajstić information content (AvgIpc) is 3.38. The number of carbonyl (C=O) groups is 3. The number of H-pyrrole nitrogens is 1. The first kappa shape index (κ1) is 21.8. The van der Waals surface area contributed by atoms with Crippen molar-refractivity contribution in [3.05, 3.63) is 57.7 Å². The number of urea groups is 1. The molecular weight excluding hydrogens is 411 g/mol. The normalized spacial score (nSPS) is 18.9. The Morgan fingerprint density at radius 2 is 2.03 bits per heavy atom. The number of benzene rings is 1. The third-order valence-corrected chi connectivity index (χ3v) is 6.18. The number of aryl methyl sites for hydroxylation is 1. The van der Waals surface area contributed by atoms with Gasteiger partial charge in [0.2, 0.25) is 0 Å². The molecule has 7 nitrogen and oxygen atoms in total. The second-order valence-corrected chi connectivity index (χ2v) is 8.71. The second-order valence-electron chi connectivity index (χ2n) is 8.71. The quantitative estimate of drug-likeness (QED) is 0.723. The maximum Gasteiger partial charge on any atom is 0.319 e. The van der Waals surface area contributed by atoms with Gasteiger partial charge in [0.1, 0.15) is 5.82 Å². The Morgan fingerprint density at radius 3 is 2.75 bits per heavy atom. The van der Waals surface area contributed by atoms with Crippen molar-refractivity contribution in [3.8, 4) is 0 Å². The van der Waals surface area contributed by atoms with Crippen LogP contribution < -0.4 is 5.32 Å². The largest absolute Gasteiger partial charge is 0.358 e. The van der Waals surface area contributed by atoms with Gasteiger partial charge in [0.25, 0.3) is 5.91 Å². The zero-order valence-corrected chi connectivity index (χ0v) is 18.7. The highest BCUT2D eigenvalue weighted by Gasteiger charge is 2.30. The van der Waals surface area contributed by atoms with Crippen LogP contribution in [0.5, 0.6) is 0 Å². The van der Waals surface area contributed by atoms with Crippen LogP contribution >= 0.6 is 0 Å². The number of hydrogen-bond acceptors (Lipinski definition) is 3. The molecule has 3 amide bonds. The Morgan fingerprint density at radius 1 is 1.28 bits per heavy atom. The van der Waals surface area contributed by atoms with Crippen LogP contribution in [0.25, 0.3) is 11.6 Å². The summed E-state index contributed by atoms with van der Waals surface area (Å²) in [6.45, 7) is 4.71. The van der Waals surface area contributed by atoms with Gasteiger partial charge in [-0.25, -0.2) is 9.18 Å². The molecule has 1 aromatic carbocycles. The zero-order chi connectivity index (χ0) is 23.2. The molecule has 1 aromatic heterocycles. The van der Waals surface area contributed by atoms with Gasteiger partial charge in [-0.2, -0.15) is 0 Å². The van der Waals surface area contributed by atoms with Crippen LogP contribution in [0.15, 0.2) is 18.2 Å². The van der Waals surface area contributed by atoms with Gasteiger partial charge in [-0.3, -0.25) is 9.59 Å². The smallest absolute Gasteiger partial charge is 0.319 e. The van der Waals surface area contributed by atoms with E-state index in [0.717, 1.165) is 11.1 Å². The predicted octanol–water partition coefficient (Wildman–Crippen LogP) is 2.92. The van der Waals surface area contributed by atoms with E-state index in [-0.39, 0.29) is 36.0 Å². The van der Waals surface area contributed by atoms with Crippen molar-refractivity contribution in [2.24, 2.45) is 0 Å². The molecule has 1 atom stereocenters. The Labute approximate surface area is 186 Å². The van der Waals surface area contributed by atoms with E-state index in [1.165, 1.54) is 17.0 Å². The molecule has 2 aliphatic rings. The SMILES string of the molecule is Cc1[nH]c(/C=C2\C(=O)Cc3ccc(F)cc32)c(C)c1C(=O)N[C@H]1CCN(C(=O)N(C)C)C1. The fraction of sp³-hybridized carbons (Fsp3) is 0.375. The summed E-state index contributed by atoms with van der Waals surface area (Å²) in [5.74, 6) is -0.670. The Bertz CT molecular complexity index is 1150. The summed E-state index contributed by atoms with van der Waals surface area (Å²) in [5.41, 5.74) is 4.46. The monoisotopic (exact) mass is 438 g/mol. The van der Waals surface area contributed by atoms with E-state index in [4.69, 9.17) is 0 Å². The molecule has 1 saturated heterocycles. The lowest BCUT2D eigenvalue weighted by Crippen LogP contribution is -2.41. The fourth-order valence-electron chi connectivity index (χ4n) is 4.53. The lowest BCUT2D eigenvalue weighted by Gasteiger charge is -2.21. The first-order valence-corrected chi connectivity index (χ1v) is 10.7. The van der Waals surface area contributed by atoms with Crippen molar-refractivity contribution in [3.63, 3.8) is 0 Å². The number of hydrogen-bond donors (Lipinski definition) is 2. The van der Waals surface area contributed by atoms with Crippen LogP contribution in [0, 0.1) is 19.7 Å². The molecule has 2 heterocycles. The van der Waals surface area contributed by atoms with Crippen LogP contribution in [0.3, 0.4) is 0 Å². The average molecular weight is 439 g/mol. The molecule has 0 saturated carbocycles. The molecule has 0 spiro atoms. The van der Waals surface area contributed by atoms with Crippen molar-refractivity contribution < 1.29 is 18.8 Å². The molecule has 32 heavy (non-hydrogen) atoms. The number of nitrogens with one attached hydrogen (secondary N) is 2. The summed E-state index contributed by atoms with van der Waals surface area (Å²) in [6.07, 6.45) is 2.65. The number of aromatic amines is 1. The molecule has 168 valence electrons. The number of Topliss-reactive ketones (excluding diaryl/α,β-unsaturated/α-hetero) is 1. The van der Waals surface area contributed by atoms with Crippen molar-refractivity contribution in [1.29, 1.82) is 0 Å². The minimum atomic E-state index is -0.387. The van der Waals surface area contributed by atoms with Crippen molar-refractivity contribution >= 4 is 29.4 Å². The number of likely N-dealkylation sites (tertiary alicyclic amines) is 1. The summed E-state index contributed by atoms with van der Waals surface area (Å²) in [4.78, 5) is 44.1. The van der Waals surface area contributed by atoms with E-state index in [0.29, 0.717) is 47.6 Å². The lowest BCUT2D eigenvalue weighted by molar-refractivity contribution is -0.112. The minimum absolute atomic E-state index is 0.0670. The van der Waals surface area contributed by atoms with Crippen molar-refractivity contribution in [1.82, 2.24) is 20.1 Å². The van der Waals surface area contributed by atoms with Crippen molar-refractivity contribution in [2.75, 3.05) is 27.2 Å². The number of rotatable bonds is 3. The van der Waals surface area contributed by atoms with Gasteiger partial charge >= 0.3 is 6.03 Å². The molecule has 8 heteroatoms. The zero-order valence-electron chi connectivity index (χ0n) is 18.7. The Kier molecular flexibility index (Phi) is 5.62. The Hall–Kier alpha value is -3.42. The first-order valence-electron chi connectivity index (χ1n) is 10.7. The molecule has 0 radical (unpaired) electrons. The number of amides is 3. The van der Waals surface area contributed by atoms with Gasteiger partial charge in [0.05, 0.1) is 5.56 Å². The molecule has 1 fully saturated rings. The number of nitrogens with zero attached hydrogens (tertiary/aromatic N) is 2. The highest BCUT2D eigenvalue weighted by molar-refractivity contribution is 6.29.